The molecule has 0 fully saturated rings. The molecule has 0 aliphatic heterocycles. The van der Waals surface area contributed by atoms with Gasteiger partial charge in [-0.3, -0.25) is 0 Å². The maximum absolute atomic E-state index is 11.0. The Kier molecular flexibility index (Phi) is 5.01. The zero-order chi connectivity index (χ0) is 13.7. The van der Waals surface area contributed by atoms with E-state index >= 15 is 0 Å². The van der Waals surface area contributed by atoms with Crippen LogP contribution in [0.15, 0.2) is 12.1 Å². The first-order valence-electron chi connectivity index (χ1n) is 6.25. The summed E-state index contributed by atoms with van der Waals surface area (Å²) in [4.78, 5) is 11.0. The molecule has 0 saturated carbocycles. The van der Waals surface area contributed by atoms with E-state index in [1.807, 2.05) is 0 Å². The minimum atomic E-state index is -1.02. The third-order valence-corrected chi connectivity index (χ3v) is 3.23. The Morgan fingerprint density at radius 3 is 2.50 bits per heavy atom. The summed E-state index contributed by atoms with van der Waals surface area (Å²) < 4.78 is 5.66. The zero-order valence-electron chi connectivity index (χ0n) is 11.2. The third-order valence-electron chi connectivity index (χ3n) is 3.23. The summed E-state index contributed by atoms with van der Waals surface area (Å²) in [5.74, 6) is 0.0470. The van der Waals surface area contributed by atoms with E-state index in [2.05, 4.69) is 13.8 Å². The van der Waals surface area contributed by atoms with Gasteiger partial charge in [0.25, 0.3) is 0 Å². The highest BCUT2D eigenvalue weighted by Crippen LogP contribution is 2.25. The molecule has 0 aliphatic carbocycles. The lowest BCUT2D eigenvalue weighted by Gasteiger charge is -2.15. The number of carboxylic acids is 1. The molecule has 18 heavy (non-hydrogen) atoms. The average Bonchev–Trinajstić information content (AvgIpc) is 2.34. The van der Waals surface area contributed by atoms with E-state index in [1.165, 1.54) is 6.07 Å². The molecule has 0 spiro atoms. The van der Waals surface area contributed by atoms with E-state index in [0.29, 0.717) is 24.0 Å². The second-order valence-corrected chi connectivity index (χ2v) is 4.50. The van der Waals surface area contributed by atoms with Crippen LogP contribution in [0.25, 0.3) is 0 Å². The van der Waals surface area contributed by atoms with Crippen LogP contribution in [0.1, 0.15) is 42.6 Å². The van der Waals surface area contributed by atoms with Crippen molar-refractivity contribution in [1.82, 2.24) is 0 Å². The first kappa shape index (κ1) is 14.4. The first-order valence-corrected chi connectivity index (χ1v) is 6.25. The summed E-state index contributed by atoms with van der Waals surface area (Å²) in [6.45, 7) is 6.63. The summed E-state index contributed by atoms with van der Waals surface area (Å²) in [6.07, 6.45) is 2.10. The number of rotatable bonds is 6. The predicted octanol–water partition coefficient (Wildman–Crippen LogP) is 3.09. The van der Waals surface area contributed by atoms with Gasteiger partial charge in [0.2, 0.25) is 0 Å². The molecule has 0 radical (unpaired) electrons. The number of carbonyl (C=O) groups is 1. The van der Waals surface area contributed by atoms with Crippen LogP contribution in [-0.2, 0) is 0 Å². The Morgan fingerprint density at radius 2 is 2.00 bits per heavy atom. The van der Waals surface area contributed by atoms with Gasteiger partial charge in [0.15, 0.2) is 0 Å². The van der Waals surface area contributed by atoms with E-state index in [-0.39, 0.29) is 5.56 Å². The number of carboxylic acid groups (broad SMARTS) is 1. The number of ether oxygens (including phenoxy) is 1. The Bertz CT molecular complexity index is 425. The van der Waals surface area contributed by atoms with Crippen molar-refractivity contribution >= 4 is 11.7 Å². The maximum atomic E-state index is 11.0. The van der Waals surface area contributed by atoms with Crippen molar-refractivity contribution in [3.63, 3.8) is 0 Å². The van der Waals surface area contributed by atoms with E-state index < -0.39 is 5.97 Å². The Morgan fingerprint density at radius 1 is 1.39 bits per heavy atom. The van der Waals surface area contributed by atoms with Crippen LogP contribution in [0.4, 0.5) is 5.69 Å². The molecule has 0 aromatic heterocycles. The van der Waals surface area contributed by atoms with Gasteiger partial charge in [0.05, 0.1) is 12.2 Å². The van der Waals surface area contributed by atoms with Gasteiger partial charge in [-0.1, -0.05) is 26.7 Å². The Labute approximate surface area is 108 Å². The van der Waals surface area contributed by atoms with Crippen LogP contribution >= 0.6 is 0 Å². The number of hydrogen-bond acceptors (Lipinski definition) is 3. The molecule has 4 nitrogen and oxygen atoms in total. The minimum Gasteiger partial charge on any atom is -0.493 e. The number of nitrogens with two attached hydrogens (primary N) is 1. The molecule has 4 heteroatoms. The molecule has 0 bridgehead atoms. The SMILES string of the molecule is CCC(CC)COc1cc(C)c(N)c(C(=O)O)c1. The van der Waals surface area contributed by atoms with Crippen molar-refractivity contribution in [1.29, 1.82) is 0 Å². The molecule has 0 heterocycles. The maximum Gasteiger partial charge on any atom is 0.337 e. The standard InChI is InChI=1S/C14H21NO3/c1-4-10(5-2)8-18-11-6-9(3)13(15)12(7-11)14(16)17/h6-7,10H,4-5,8,15H2,1-3H3,(H,16,17). The molecule has 0 aliphatic rings. The van der Waals surface area contributed by atoms with Crippen molar-refractivity contribution < 1.29 is 14.6 Å². The Hall–Kier alpha value is -1.71. The molecule has 0 atom stereocenters. The monoisotopic (exact) mass is 251 g/mol. The van der Waals surface area contributed by atoms with Crippen LogP contribution in [0.5, 0.6) is 5.75 Å². The summed E-state index contributed by atoms with van der Waals surface area (Å²) in [5.41, 5.74) is 6.86. The van der Waals surface area contributed by atoms with Gasteiger partial charge in [-0.05, 0) is 30.5 Å². The lowest BCUT2D eigenvalue weighted by Crippen LogP contribution is -2.11. The highest BCUT2D eigenvalue weighted by molar-refractivity contribution is 5.95. The topological polar surface area (TPSA) is 72.5 Å². The lowest BCUT2D eigenvalue weighted by atomic mass is 10.0. The molecular weight excluding hydrogens is 230 g/mol. The fourth-order valence-corrected chi connectivity index (χ4v) is 1.76. The number of anilines is 1. The van der Waals surface area contributed by atoms with Gasteiger partial charge in [-0.25, -0.2) is 4.79 Å². The predicted molar refractivity (Wildman–Crippen MR) is 72.1 cm³/mol. The van der Waals surface area contributed by atoms with Crippen LogP contribution in [-0.4, -0.2) is 17.7 Å². The van der Waals surface area contributed by atoms with E-state index in [9.17, 15) is 4.79 Å². The normalized spacial score (nSPS) is 10.7. The van der Waals surface area contributed by atoms with Gasteiger partial charge in [0.1, 0.15) is 5.75 Å². The summed E-state index contributed by atoms with van der Waals surface area (Å²) in [5, 5.41) is 9.05. The molecule has 1 rings (SSSR count). The van der Waals surface area contributed by atoms with Crippen LogP contribution in [0, 0.1) is 12.8 Å². The lowest BCUT2D eigenvalue weighted by molar-refractivity contribution is 0.0697. The molecule has 100 valence electrons. The molecule has 3 N–H and O–H groups in total. The number of benzene rings is 1. The van der Waals surface area contributed by atoms with Crippen LogP contribution in [0.2, 0.25) is 0 Å². The van der Waals surface area contributed by atoms with Crippen LogP contribution < -0.4 is 10.5 Å². The van der Waals surface area contributed by atoms with Crippen LogP contribution in [0.3, 0.4) is 0 Å². The van der Waals surface area contributed by atoms with E-state index in [0.717, 1.165) is 18.4 Å². The smallest absolute Gasteiger partial charge is 0.337 e. The highest BCUT2D eigenvalue weighted by atomic mass is 16.5. The number of hydrogen-bond donors (Lipinski definition) is 2. The Balaban J connectivity index is 2.87. The number of aryl methyl sites for hydroxylation is 1. The van der Waals surface area contributed by atoms with Crippen molar-refractivity contribution in [3.8, 4) is 5.75 Å². The van der Waals surface area contributed by atoms with Crippen molar-refractivity contribution in [2.24, 2.45) is 5.92 Å². The second kappa shape index (κ2) is 6.28. The van der Waals surface area contributed by atoms with Gasteiger partial charge >= 0.3 is 5.97 Å². The fraction of sp³-hybridized carbons (Fsp3) is 0.500. The fourth-order valence-electron chi connectivity index (χ4n) is 1.76. The minimum absolute atomic E-state index is 0.106. The summed E-state index contributed by atoms with van der Waals surface area (Å²) >= 11 is 0. The molecule has 1 aromatic rings. The van der Waals surface area contributed by atoms with Crippen molar-refractivity contribution in [3.05, 3.63) is 23.3 Å². The van der Waals surface area contributed by atoms with E-state index in [4.69, 9.17) is 15.6 Å². The molecule has 0 unspecified atom stereocenters. The second-order valence-electron chi connectivity index (χ2n) is 4.50. The van der Waals surface area contributed by atoms with Gasteiger partial charge < -0.3 is 15.6 Å². The number of aromatic carboxylic acids is 1. The van der Waals surface area contributed by atoms with Crippen molar-refractivity contribution in [2.75, 3.05) is 12.3 Å². The first-order chi connectivity index (χ1) is 8.49. The largest absolute Gasteiger partial charge is 0.493 e. The zero-order valence-corrected chi connectivity index (χ0v) is 11.2. The molecule has 0 saturated heterocycles. The van der Waals surface area contributed by atoms with Crippen molar-refractivity contribution in [2.45, 2.75) is 33.6 Å². The van der Waals surface area contributed by atoms with Gasteiger partial charge in [-0.15, -0.1) is 0 Å². The van der Waals surface area contributed by atoms with Gasteiger partial charge in [0, 0.05) is 5.69 Å². The van der Waals surface area contributed by atoms with Gasteiger partial charge in [-0.2, -0.15) is 0 Å². The quantitative estimate of drug-likeness (QED) is 0.762. The molecule has 1 aromatic carbocycles. The molecule has 0 amide bonds. The summed E-state index contributed by atoms with van der Waals surface area (Å²) in [6, 6.07) is 3.28. The third kappa shape index (κ3) is 3.39. The average molecular weight is 251 g/mol. The molecular formula is C14H21NO3. The summed E-state index contributed by atoms with van der Waals surface area (Å²) in [7, 11) is 0. The van der Waals surface area contributed by atoms with E-state index in [1.54, 1.807) is 13.0 Å². The highest BCUT2D eigenvalue weighted by Gasteiger charge is 2.13. The number of nitrogen functional groups attached to an aromatic ring is 1.